The Bertz CT molecular complexity index is 1970. The Hall–Kier alpha value is -5.98. The number of benzene rings is 4. The zero-order valence-electron chi connectivity index (χ0n) is 31.9. The highest BCUT2D eigenvalue weighted by Crippen LogP contribution is 2.45. The van der Waals surface area contributed by atoms with Crippen molar-refractivity contribution in [3.63, 3.8) is 0 Å². The summed E-state index contributed by atoms with van der Waals surface area (Å²) in [5.41, 5.74) is 5.47. The molecule has 0 saturated carbocycles. The van der Waals surface area contributed by atoms with Crippen molar-refractivity contribution >= 4 is 17.3 Å². The van der Waals surface area contributed by atoms with Crippen molar-refractivity contribution < 1.29 is 47.5 Å². The maximum atomic E-state index is 12.9. The van der Waals surface area contributed by atoms with Crippen molar-refractivity contribution in [2.45, 2.75) is 58.1 Å². The largest absolute Gasteiger partial charge is 0.493 e. The van der Waals surface area contributed by atoms with E-state index in [9.17, 15) is 4.79 Å². The number of rotatable bonds is 16. The first-order valence-electron chi connectivity index (χ1n) is 17.7. The zero-order chi connectivity index (χ0) is 38.4. The van der Waals surface area contributed by atoms with Crippen molar-refractivity contribution in [2.24, 2.45) is 5.16 Å². The number of carbonyl (C=O) groups excluding carboxylic acids is 1. The summed E-state index contributed by atoms with van der Waals surface area (Å²) < 4.78 is 47.0. The van der Waals surface area contributed by atoms with E-state index in [1.807, 2.05) is 67.6 Å². The number of aryl methyl sites for hydroxylation is 1. The molecule has 6 rings (SSSR count). The van der Waals surface area contributed by atoms with E-state index in [-0.39, 0.29) is 5.91 Å². The van der Waals surface area contributed by atoms with Gasteiger partial charge in [0.25, 0.3) is 5.91 Å². The molecule has 4 aromatic rings. The van der Waals surface area contributed by atoms with E-state index in [1.165, 1.54) is 0 Å². The number of anilines is 1. The van der Waals surface area contributed by atoms with Crippen LogP contribution in [0.15, 0.2) is 65.8 Å². The second-order valence-corrected chi connectivity index (χ2v) is 12.8. The Kier molecular flexibility index (Phi) is 11.7. The number of unbranched alkanes of at least 4 members (excludes halogenated alkanes) is 1. The molecule has 2 heterocycles. The first-order valence-corrected chi connectivity index (χ1v) is 17.7. The summed E-state index contributed by atoms with van der Waals surface area (Å²) in [5, 5.41) is 10.8. The van der Waals surface area contributed by atoms with Crippen molar-refractivity contribution in [3.8, 4) is 46.0 Å². The van der Waals surface area contributed by atoms with Crippen LogP contribution in [0.1, 0.15) is 77.5 Å². The normalized spacial score (nSPS) is 16.4. The number of nitrogens with one attached hydrogen (secondary N) is 2. The SMILES string of the molecule is CCCCC(Oc1ccc(C2NC(=O)c3cc(C)ccc3N2)cc1OC)Oc1c(OC)cc(C2CC(c3cc(OC)c(OC)c(OC)c3)=NO2)cc1OC. The fourth-order valence-corrected chi connectivity index (χ4v) is 6.46. The van der Waals surface area contributed by atoms with E-state index >= 15 is 0 Å². The molecule has 0 saturated heterocycles. The molecular formula is C41H47N3O10. The predicted octanol–water partition coefficient (Wildman–Crippen LogP) is 7.74. The lowest BCUT2D eigenvalue weighted by Crippen LogP contribution is -2.38. The molecule has 286 valence electrons. The molecule has 3 unspecified atom stereocenters. The van der Waals surface area contributed by atoms with E-state index in [1.54, 1.807) is 42.7 Å². The average molecular weight is 742 g/mol. The molecular weight excluding hydrogens is 694 g/mol. The van der Waals surface area contributed by atoms with Crippen LogP contribution in [0.3, 0.4) is 0 Å². The maximum absolute atomic E-state index is 12.9. The van der Waals surface area contributed by atoms with Crippen LogP contribution in [0.5, 0.6) is 46.0 Å². The molecule has 13 nitrogen and oxygen atoms in total. The van der Waals surface area contributed by atoms with Gasteiger partial charge in [0.15, 0.2) is 40.6 Å². The number of oxime groups is 1. The van der Waals surface area contributed by atoms with Gasteiger partial charge in [-0.15, -0.1) is 0 Å². The van der Waals surface area contributed by atoms with Gasteiger partial charge in [-0.1, -0.05) is 36.2 Å². The number of hydrogen-bond donors (Lipinski definition) is 2. The Balaban J connectivity index is 1.21. The summed E-state index contributed by atoms with van der Waals surface area (Å²) in [4.78, 5) is 18.9. The van der Waals surface area contributed by atoms with Gasteiger partial charge in [0.1, 0.15) is 6.17 Å². The number of ether oxygens (including phenoxy) is 8. The third-order valence-electron chi connectivity index (χ3n) is 9.34. The van der Waals surface area contributed by atoms with E-state index in [0.717, 1.165) is 40.8 Å². The van der Waals surface area contributed by atoms with Crippen LogP contribution in [0.25, 0.3) is 0 Å². The smallest absolute Gasteiger partial charge is 0.255 e. The first kappa shape index (κ1) is 37.8. The fourth-order valence-electron chi connectivity index (χ4n) is 6.46. The van der Waals surface area contributed by atoms with Gasteiger partial charge >= 0.3 is 0 Å². The van der Waals surface area contributed by atoms with Crippen molar-refractivity contribution in [1.29, 1.82) is 0 Å². The van der Waals surface area contributed by atoms with Crippen LogP contribution in [-0.4, -0.2) is 60.6 Å². The molecule has 0 radical (unpaired) electrons. The van der Waals surface area contributed by atoms with Crippen molar-refractivity contribution in [3.05, 3.63) is 88.5 Å². The summed E-state index contributed by atoms with van der Waals surface area (Å²) in [7, 11) is 9.41. The van der Waals surface area contributed by atoms with Gasteiger partial charge in [-0.05, 0) is 67.4 Å². The number of methoxy groups -OCH3 is 6. The standard InChI is InChI=1S/C41H47N3O10/c1-9-10-11-37(52-30-15-13-24(17-32(30)46-3)40-42-28-14-12-23(2)16-27(28)41(45)43-40)53-39-35(49-6)20-26(21-36(39)50-7)31-22-29(44-54-31)25-18-33(47-4)38(51-8)34(19-25)48-5/h12-21,31,37,40,42H,9-11,22H2,1-8H3,(H,43,45). The first-order chi connectivity index (χ1) is 26.2. The summed E-state index contributed by atoms with van der Waals surface area (Å²) in [6.45, 7) is 4.06. The van der Waals surface area contributed by atoms with Gasteiger partial charge in [-0.3, -0.25) is 4.79 Å². The molecule has 1 amide bonds. The van der Waals surface area contributed by atoms with Gasteiger partial charge in [0.05, 0.1) is 53.9 Å². The fraction of sp³-hybridized carbons (Fsp3) is 0.366. The van der Waals surface area contributed by atoms with Crippen LogP contribution in [0.4, 0.5) is 5.69 Å². The Morgan fingerprint density at radius 3 is 2.00 bits per heavy atom. The van der Waals surface area contributed by atoms with Crippen molar-refractivity contribution in [2.75, 3.05) is 48.0 Å². The molecule has 54 heavy (non-hydrogen) atoms. The van der Waals surface area contributed by atoms with E-state index in [4.69, 9.17) is 42.7 Å². The average Bonchev–Trinajstić information content (AvgIpc) is 3.70. The zero-order valence-corrected chi connectivity index (χ0v) is 31.9. The minimum atomic E-state index is -0.723. The number of fused-ring (bicyclic) bond motifs is 1. The van der Waals surface area contributed by atoms with Crippen LogP contribution in [0, 0.1) is 6.92 Å². The van der Waals surface area contributed by atoms with Crippen molar-refractivity contribution in [1.82, 2.24) is 5.32 Å². The minimum absolute atomic E-state index is 0.148. The third-order valence-corrected chi connectivity index (χ3v) is 9.34. The highest BCUT2D eigenvalue weighted by Gasteiger charge is 2.30. The summed E-state index contributed by atoms with van der Waals surface area (Å²) in [5.74, 6) is 3.61. The highest BCUT2D eigenvalue weighted by molar-refractivity contribution is 6.03. The molecule has 0 fully saturated rings. The number of hydrogen-bond acceptors (Lipinski definition) is 12. The lowest BCUT2D eigenvalue weighted by atomic mass is 9.99. The Morgan fingerprint density at radius 2 is 1.37 bits per heavy atom. The minimum Gasteiger partial charge on any atom is -0.493 e. The van der Waals surface area contributed by atoms with Gasteiger partial charge in [0, 0.05) is 29.7 Å². The Morgan fingerprint density at radius 1 is 0.722 bits per heavy atom. The second kappa shape index (κ2) is 16.8. The molecule has 2 N–H and O–H groups in total. The number of amides is 1. The molecule has 13 heteroatoms. The number of carbonyl (C=O) groups is 1. The van der Waals surface area contributed by atoms with E-state index in [2.05, 4.69) is 22.7 Å². The molecule has 2 aliphatic rings. The van der Waals surface area contributed by atoms with Crippen LogP contribution >= 0.6 is 0 Å². The molecule has 4 aromatic carbocycles. The summed E-state index contributed by atoms with van der Waals surface area (Å²) in [6.07, 6.45) is 1.20. The van der Waals surface area contributed by atoms with Crippen LogP contribution < -0.4 is 48.5 Å². The molecule has 0 aliphatic carbocycles. The number of nitrogens with zero attached hydrogens (tertiary/aromatic N) is 1. The lowest BCUT2D eigenvalue weighted by Gasteiger charge is -2.29. The quantitative estimate of drug-likeness (QED) is 0.109. The second-order valence-electron chi connectivity index (χ2n) is 12.8. The molecule has 2 aliphatic heterocycles. The van der Waals surface area contributed by atoms with Gasteiger partial charge in [-0.25, -0.2) is 0 Å². The summed E-state index contributed by atoms with van der Waals surface area (Å²) >= 11 is 0. The lowest BCUT2D eigenvalue weighted by molar-refractivity contribution is -0.00733. The van der Waals surface area contributed by atoms with Crippen LogP contribution in [-0.2, 0) is 4.84 Å². The van der Waals surface area contributed by atoms with E-state index in [0.29, 0.717) is 70.1 Å². The van der Waals surface area contributed by atoms with Crippen LogP contribution in [0.2, 0.25) is 0 Å². The van der Waals surface area contributed by atoms with E-state index < -0.39 is 18.6 Å². The maximum Gasteiger partial charge on any atom is 0.255 e. The third kappa shape index (κ3) is 7.85. The monoisotopic (exact) mass is 741 g/mol. The summed E-state index contributed by atoms with van der Waals surface area (Å²) in [6, 6.07) is 18.7. The predicted molar refractivity (Wildman–Crippen MR) is 203 cm³/mol. The Labute approximate surface area is 315 Å². The molecule has 0 bridgehead atoms. The molecule has 3 atom stereocenters. The molecule has 0 aromatic heterocycles. The van der Waals surface area contributed by atoms with Gasteiger partial charge in [0.2, 0.25) is 17.8 Å². The molecule has 0 spiro atoms. The van der Waals surface area contributed by atoms with Gasteiger partial charge in [-0.2, -0.15) is 0 Å². The highest BCUT2D eigenvalue weighted by atomic mass is 16.7. The topological polar surface area (TPSA) is 137 Å². The van der Waals surface area contributed by atoms with Gasteiger partial charge < -0.3 is 53.4 Å².